The molecule has 0 atom stereocenters. The van der Waals surface area contributed by atoms with Crippen molar-refractivity contribution in [2.75, 3.05) is 37.2 Å². The summed E-state index contributed by atoms with van der Waals surface area (Å²) in [6.45, 7) is 10.6. The minimum Gasteiger partial charge on any atom is -0.354 e. The summed E-state index contributed by atoms with van der Waals surface area (Å²) in [5, 5.41) is 4.14. The molecule has 0 saturated heterocycles. The average Bonchev–Trinajstić information content (AvgIpc) is 2.38. The van der Waals surface area contributed by atoms with Gasteiger partial charge in [-0.1, -0.05) is 13.8 Å². The van der Waals surface area contributed by atoms with Crippen molar-refractivity contribution in [1.82, 2.24) is 14.9 Å². The predicted molar refractivity (Wildman–Crippen MR) is 82.4 cm³/mol. The zero-order valence-electron chi connectivity index (χ0n) is 11.2. The quantitative estimate of drug-likeness (QED) is 0.585. The Labute approximate surface area is 122 Å². The van der Waals surface area contributed by atoms with Crippen molar-refractivity contribution < 1.29 is 0 Å². The topological polar surface area (TPSA) is 41.1 Å². The molecule has 0 saturated carbocycles. The van der Waals surface area contributed by atoms with Gasteiger partial charge in [0.05, 0.1) is 4.47 Å². The van der Waals surface area contributed by atoms with Gasteiger partial charge in [-0.25, -0.2) is 9.97 Å². The third-order valence-corrected chi connectivity index (χ3v) is 4.40. The lowest BCUT2D eigenvalue weighted by Crippen LogP contribution is -2.25. The molecule has 0 radical (unpaired) electrons. The van der Waals surface area contributed by atoms with Gasteiger partial charge >= 0.3 is 0 Å². The van der Waals surface area contributed by atoms with Gasteiger partial charge in [0.25, 0.3) is 0 Å². The van der Waals surface area contributed by atoms with Gasteiger partial charge in [-0.3, -0.25) is 0 Å². The third kappa shape index (κ3) is 5.12. The van der Waals surface area contributed by atoms with E-state index in [2.05, 4.69) is 50.0 Å². The molecule has 102 valence electrons. The normalized spacial score (nSPS) is 10.9. The molecule has 1 rings (SSSR count). The van der Waals surface area contributed by atoms with Gasteiger partial charge in [-0.15, -0.1) is 11.8 Å². The molecule has 0 aliphatic heterocycles. The molecule has 18 heavy (non-hydrogen) atoms. The minimum atomic E-state index is 0.700. The van der Waals surface area contributed by atoms with E-state index in [0.29, 0.717) is 5.95 Å². The van der Waals surface area contributed by atoms with E-state index in [-0.39, 0.29) is 0 Å². The zero-order chi connectivity index (χ0) is 13.4. The van der Waals surface area contributed by atoms with E-state index in [1.807, 2.05) is 13.1 Å². The number of nitrogens with zero attached hydrogens (tertiary/aromatic N) is 3. The summed E-state index contributed by atoms with van der Waals surface area (Å²) < 4.78 is 0.966. The van der Waals surface area contributed by atoms with E-state index < -0.39 is 0 Å². The Hall–Kier alpha value is -0.330. The summed E-state index contributed by atoms with van der Waals surface area (Å²) in [4.78, 5) is 11.1. The first-order valence-corrected chi connectivity index (χ1v) is 8.10. The van der Waals surface area contributed by atoms with Crippen molar-refractivity contribution in [3.63, 3.8) is 0 Å². The molecule has 0 aliphatic carbocycles. The number of nitrogens with one attached hydrogen (secondary N) is 1. The Morgan fingerprint density at radius 1 is 1.33 bits per heavy atom. The first kappa shape index (κ1) is 15.7. The number of halogens is 1. The van der Waals surface area contributed by atoms with Crippen LogP contribution in [0.1, 0.15) is 20.8 Å². The highest BCUT2D eigenvalue weighted by Gasteiger charge is 2.06. The second-order valence-corrected chi connectivity index (χ2v) is 5.69. The van der Waals surface area contributed by atoms with E-state index in [9.17, 15) is 0 Å². The smallest absolute Gasteiger partial charge is 0.223 e. The number of rotatable bonds is 8. The number of hydrogen-bond donors (Lipinski definition) is 1. The first-order chi connectivity index (χ1) is 8.71. The van der Waals surface area contributed by atoms with Gasteiger partial charge in [-0.2, -0.15) is 0 Å². The molecule has 0 fully saturated rings. The largest absolute Gasteiger partial charge is 0.354 e. The van der Waals surface area contributed by atoms with Crippen LogP contribution in [0.3, 0.4) is 0 Å². The zero-order valence-corrected chi connectivity index (χ0v) is 13.6. The molecule has 0 bridgehead atoms. The molecule has 1 N–H and O–H groups in total. The highest BCUT2D eigenvalue weighted by molar-refractivity contribution is 9.10. The van der Waals surface area contributed by atoms with Crippen LogP contribution in [0.25, 0.3) is 0 Å². The highest BCUT2D eigenvalue weighted by atomic mass is 79.9. The van der Waals surface area contributed by atoms with E-state index >= 15 is 0 Å². The minimum absolute atomic E-state index is 0.700. The van der Waals surface area contributed by atoms with Crippen LogP contribution in [0.4, 0.5) is 5.95 Å². The lowest BCUT2D eigenvalue weighted by molar-refractivity contribution is 0.324. The lowest BCUT2D eigenvalue weighted by atomic mass is 10.5. The van der Waals surface area contributed by atoms with Gasteiger partial charge in [0, 0.05) is 25.0 Å². The molecule has 4 nitrogen and oxygen atoms in total. The van der Waals surface area contributed by atoms with Gasteiger partial charge < -0.3 is 10.2 Å². The van der Waals surface area contributed by atoms with E-state index in [0.717, 1.165) is 41.4 Å². The number of anilines is 1. The maximum absolute atomic E-state index is 4.49. The van der Waals surface area contributed by atoms with Crippen molar-refractivity contribution in [3.8, 4) is 0 Å². The maximum Gasteiger partial charge on any atom is 0.223 e. The standard InChI is InChI=1S/C12H21BrN4S/c1-4-14-12-15-9-10(13)11(16-12)18-8-7-17(5-2)6-3/h9H,4-8H2,1-3H3,(H,14,15,16). The summed E-state index contributed by atoms with van der Waals surface area (Å²) in [5.41, 5.74) is 0. The van der Waals surface area contributed by atoms with Crippen molar-refractivity contribution in [1.29, 1.82) is 0 Å². The van der Waals surface area contributed by atoms with E-state index in [1.54, 1.807) is 11.8 Å². The van der Waals surface area contributed by atoms with Crippen LogP contribution in [0, 0.1) is 0 Å². The fraction of sp³-hybridized carbons (Fsp3) is 0.667. The summed E-state index contributed by atoms with van der Waals surface area (Å²) in [6.07, 6.45) is 1.81. The van der Waals surface area contributed by atoms with Crippen molar-refractivity contribution in [2.45, 2.75) is 25.8 Å². The maximum atomic E-state index is 4.49. The molecule has 0 unspecified atom stereocenters. The monoisotopic (exact) mass is 332 g/mol. The van der Waals surface area contributed by atoms with Crippen LogP contribution in [0.2, 0.25) is 0 Å². The Morgan fingerprint density at radius 2 is 2.06 bits per heavy atom. The van der Waals surface area contributed by atoms with Crippen molar-refractivity contribution in [3.05, 3.63) is 10.7 Å². The summed E-state index contributed by atoms with van der Waals surface area (Å²) >= 11 is 5.26. The van der Waals surface area contributed by atoms with Crippen LogP contribution >= 0.6 is 27.7 Å². The fourth-order valence-corrected chi connectivity index (χ4v) is 2.93. The van der Waals surface area contributed by atoms with E-state index in [4.69, 9.17) is 0 Å². The highest BCUT2D eigenvalue weighted by Crippen LogP contribution is 2.25. The van der Waals surface area contributed by atoms with Gasteiger partial charge in [-0.05, 0) is 35.9 Å². The Morgan fingerprint density at radius 3 is 2.67 bits per heavy atom. The van der Waals surface area contributed by atoms with Gasteiger partial charge in [0.15, 0.2) is 0 Å². The Kier molecular flexibility index (Phi) is 7.62. The summed E-state index contributed by atoms with van der Waals surface area (Å²) in [6, 6.07) is 0. The van der Waals surface area contributed by atoms with Crippen molar-refractivity contribution >= 4 is 33.6 Å². The van der Waals surface area contributed by atoms with Crippen LogP contribution in [-0.2, 0) is 0 Å². The third-order valence-electron chi connectivity index (χ3n) is 2.59. The first-order valence-electron chi connectivity index (χ1n) is 6.32. The second kappa shape index (κ2) is 8.72. The molecule has 0 amide bonds. The average molecular weight is 333 g/mol. The van der Waals surface area contributed by atoms with Crippen LogP contribution in [-0.4, -0.2) is 46.8 Å². The van der Waals surface area contributed by atoms with Gasteiger partial charge in [0.1, 0.15) is 5.03 Å². The SMILES string of the molecule is CCNc1ncc(Br)c(SCCN(CC)CC)n1. The molecule has 6 heteroatoms. The van der Waals surface area contributed by atoms with Gasteiger partial charge in [0.2, 0.25) is 5.95 Å². The lowest BCUT2D eigenvalue weighted by Gasteiger charge is -2.17. The molecule has 0 spiro atoms. The van der Waals surface area contributed by atoms with Crippen LogP contribution in [0.5, 0.6) is 0 Å². The van der Waals surface area contributed by atoms with E-state index in [1.165, 1.54) is 0 Å². The Balaban J connectivity index is 2.52. The molecule has 1 heterocycles. The molecule has 1 aromatic heterocycles. The predicted octanol–water partition coefficient (Wildman–Crippen LogP) is 3.10. The van der Waals surface area contributed by atoms with Crippen LogP contribution in [0.15, 0.2) is 15.7 Å². The number of aromatic nitrogens is 2. The molecular formula is C12H21BrN4S. The molecule has 0 aromatic carbocycles. The van der Waals surface area contributed by atoms with Crippen molar-refractivity contribution in [2.24, 2.45) is 0 Å². The molecular weight excluding hydrogens is 312 g/mol. The summed E-state index contributed by atoms with van der Waals surface area (Å²) in [7, 11) is 0. The number of hydrogen-bond acceptors (Lipinski definition) is 5. The molecule has 0 aliphatic rings. The molecule has 1 aromatic rings. The Bertz CT molecular complexity index is 358. The fourth-order valence-electron chi connectivity index (χ4n) is 1.51. The number of thioether (sulfide) groups is 1. The van der Waals surface area contributed by atoms with Crippen LogP contribution < -0.4 is 5.32 Å². The summed E-state index contributed by atoms with van der Waals surface area (Å²) in [5.74, 6) is 1.74. The second-order valence-electron chi connectivity index (χ2n) is 3.75.